The van der Waals surface area contributed by atoms with E-state index < -0.39 is 0 Å². The fraction of sp³-hybridized carbons (Fsp3) is 0.480. The van der Waals surface area contributed by atoms with E-state index in [4.69, 9.17) is 4.74 Å². The van der Waals surface area contributed by atoms with Crippen molar-refractivity contribution in [1.82, 2.24) is 15.5 Å². The minimum Gasteiger partial charge on any atom is -0.496 e. The molecule has 2 N–H and O–H groups in total. The molecule has 160 valence electrons. The van der Waals surface area contributed by atoms with E-state index in [1.54, 1.807) is 7.11 Å². The molecule has 2 aromatic rings. The highest BCUT2D eigenvalue weighted by Crippen LogP contribution is 2.50. The lowest BCUT2D eigenvalue weighted by molar-refractivity contribution is 0.331. The molecule has 2 aliphatic rings. The molecule has 2 aromatic carbocycles. The second-order valence-electron chi connectivity index (χ2n) is 8.56. The Hall–Kier alpha value is -2.53. The van der Waals surface area contributed by atoms with Gasteiger partial charge in [0.2, 0.25) is 0 Å². The van der Waals surface area contributed by atoms with Crippen LogP contribution >= 0.6 is 0 Å². The average Bonchev–Trinajstić information content (AvgIpc) is 3.41. The third-order valence-electron chi connectivity index (χ3n) is 6.44. The third kappa shape index (κ3) is 4.96. The first-order chi connectivity index (χ1) is 14.7. The Bertz CT molecular complexity index is 852. The molecular weight excluding hydrogens is 372 g/mol. The monoisotopic (exact) mass is 406 g/mol. The molecule has 0 amide bonds. The quantitative estimate of drug-likeness (QED) is 0.519. The lowest BCUT2D eigenvalue weighted by Crippen LogP contribution is -2.41. The number of methoxy groups -OCH3 is 1. The number of aliphatic imine (C=N–C) groups is 1. The van der Waals surface area contributed by atoms with Crippen molar-refractivity contribution < 1.29 is 4.74 Å². The molecule has 1 saturated heterocycles. The SMILES string of the molecule is CN=C(NCc1ccc(CN2CCCC2)cc1)NCC1(c2ccccc2OC)CC1. The van der Waals surface area contributed by atoms with Crippen LogP contribution in [-0.4, -0.2) is 44.7 Å². The number of rotatable bonds is 8. The van der Waals surface area contributed by atoms with Gasteiger partial charge in [0.25, 0.3) is 0 Å². The van der Waals surface area contributed by atoms with Gasteiger partial charge in [0, 0.05) is 37.7 Å². The van der Waals surface area contributed by atoms with Crippen molar-refractivity contribution >= 4 is 5.96 Å². The molecule has 1 saturated carbocycles. The van der Waals surface area contributed by atoms with Crippen LogP contribution in [0.3, 0.4) is 0 Å². The number of guanidine groups is 1. The number of benzene rings is 2. The summed E-state index contributed by atoms with van der Waals surface area (Å²) in [6.07, 6.45) is 5.03. The smallest absolute Gasteiger partial charge is 0.191 e. The molecule has 4 rings (SSSR count). The zero-order valence-electron chi connectivity index (χ0n) is 18.3. The number of likely N-dealkylation sites (tertiary alicyclic amines) is 1. The van der Waals surface area contributed by atoms with Crippen molar-refractivity contribution in [3.8, 4) is 5.75 Å². The second-order valence-corrected chi connectivity index (χ2v) is 8.56. The van der Waals surface area contributed by atoms with Gasteiger partial charge in [0.05, 0.1) is 7.11 Å². The van der Waals surface area contributed by atoms with Gasteiger partial charge in [-0.15, -0.1) is 0 Å². The number of hydrogen-bond acceptors (Lipinski definition) is 3. The molecule has 1 aliphatic carbocycles. The summed E-state index contributed by atoms with van der Waals surface area (Å²) in [6.45, 7) is 5.18. The Kier molecular flexibility index (Phi) is 6.58. The van der Waals surface area contributed by atoms with Crippen molar-refractivity contribution in [1.29, 1.82) is 0 Å². The highest BCUT2D eigenvalue weighted by molar-refractivity contribution is 5.79. The van der Waals surface area contributed by atoms with Crippen LogP contribution in [-0.2, 0) is 18.5 Å². The van der Waals surface area contributed by atoms with Gasteiger partial charge in [-0.1, -0.05) is 42.5 Å². The molecule has 5 heteroatoms. The van der Waals surface area contributed by atoms with Crippen LogP contribution in [0.25, 0.3) is 0 Å². The minimum absolute atomic E-state index is 0.154. The van der Waals surface area contributed by atoms with Gasteiger partial charge in [-0.05, 0) is 56.0 Å². The third-order valence-corrected chi connectivity index (χ3v) is 6.44. The number of nitrogens with one attached hydrogen (secondary N) is 2. The summed E-state index contributed by atoms with van der Waals surface area (Å²) in [6, 6.07) is 17.3. The Morgan fingerprint density at radius 1 is 1.00 bits per heavy atom. The molecule has 0 bridgehead atoms. The second kappa shape index (κ2) is 9.52. The van der Waals surface area contributed by atoms with Crippen molar-refractivity contribution in [2.45, 2.75) is 44.2 Å². The summed E-state index contributed by atoms with van der Waals surface area (Å²) in [5.74, 6) is 1.83. The highest BCUT2D eigenvalue weighted by atomic mass is 16.5. The molecule has 1 heterocycles. The zero-order valence-corrected chi connectivity index (χ0v) is 18.3. The largest absolute Gasteiger partial charge is 0.496 e. The van der Waals surface area contributed by atoms with E-state index in [1.165, 1.54) is 55.5 Å². The molecule has 2 fully saturated rings. The number of para-hydroxylation sites is 1. The fourth-order valence-electron chi connectivity index (χ4n) is 4.40. The van der Waals surface area contributed by atoms with Gasteiger partial charge < -0.3 is 15.4 Å². The first kappa shape index (κ1) is 20.7. The summed E-state index contributed by atoms with van der Waals surface area (Å²) in [4.78, 5) is 6.95. The molecule has 0 radical (unpaired) electrons. The van der Waals surface area contributed by atoms with Crippen LogP contribution in [0.5, 0.6) is 5.75 Å². The lowest BCUT2D eigenvalue weighted by Gasteiger charge is -2.21. The Balaban J connectivity index is 1.28. The zero-order chi connectivity index (χ0) is 20.8. The van der Waals surface area contributed by atoms with Crippen molar-refractivity contribution in [2.24, 2.45) is 4.99 Å². The number of nitrogens with zero attached hydrogens (tertiary/aromatic N) is 2. The van der Waals surface area contributed by atoms with Gasteiger partial charge in [0.15, 0.2) is 5.96 Å². The molecule has 0 unspecified atom stereocenters. The standard InChI is InChI=1S/C25H34N4O/c1-26-24(28-19-25(13-14-25)22-7-3-4-8-23(22)30-2)27-17-20-9-11-21(12-10-20)18-29-15-5-6-16-29/h3-4,7-12H,5-6,13-19H2,1-2H3,(H2,26,27,28). The van der Waals surface area contributed by atoms with Crippen LogP contribution in [0.2, 0.25) is 0 Å². The van der Waals surface area contributed by atoms with Crippen LogP contribution < -0.4 is 15.4 Å². The molecule has 0 spiro atoms. The van der Waals surface area contributed by atoms with Gasteiger partial charge in [-0.25, -0.2) is 0 Å². The fourth-order valence-corrected chi connectivity index (χ4v) is 4.40. The summed E-state index contributed by atoms with van der Waals surface area (Å²) >= 11 is 0. The predicted octanol–water partition coefficient (Wildman–Crippen LogP) is 3.69. The van der Waals surface area contributed by atoms with Gasteiger partial charge in [-0.2, -0.15) is 0 Å². The van der Waals surface area contributed by atoms with E-state index in [0.29, 0.717) is 0 Å². The van der Waals surface area contributed by atoms with Crippen LogP contribution in [0.15, 0.2) is 53.5 Å². The maximum absolute atomic E-state index is 5.58. The van der Waals surface area contributed by atoms with Crippen molar-refractivity contribution in [3.05, 3.63) is 65.2 Å². The molecule has 0 aromatic heterocycles. The summed E-state index contributed by atoms with van der Waals surface area (Å²) in [7, 11) is 3.58. The Morgan fingerprint density at radius 2 is 1.70 bits per heavy atom. The van der Waals surface area contributed by atoms with Crippen LogP contribution in [0, 0.1) is 0 Å². The van der Waals surface area contributed by atoms with Gasteiger partial charge >= 0.3 is 0 Å². The number of ether oxygens (including phenoxy) is 1. The van der Waals surface area contributed by atoms with Gasteiger partial charge in [0.1, 0.15) is 5.75 Å². The van der Waals surface area contributed by atoms with Crippen molar-refractivity contribution in [2.75, 3.05) is 33.8 Å². The van der Waals surface area contributed by atoms with E-state index in [0.717, 1.165) is 31.3 Å². The van der Waals surface area contributed by atoms with E-state index >= 15 is 0 Å². The predicted molar refractivity (Wildman–Crippen MR) is 123 cm³/mol. The molecule has 0 atom stereocenters. The van der Waals surface area contributed by atoms with E-state index in [2.05, 4.69) is 63.0 Å². The maximum atomic E-state index is 5.58. The molecule has 5 nitrogen and oxygen atoms in total. The Labute approximate surface area is 180 Å². The highest BCUT2D eigenvalue weighted by Gasteiger charge is 2.46. The van der Waals surface area contributed by atoms with Crippen molar-refractivity contribution in [3.63, 3.8) is 0 Å². The maximum Gasteiger partial charge on any atom is 0.191 e. The van der Waals surface area contributed by atoms with E-state index in [1.807, 2.05) is 13.1 Å². The lowest BCUT2D eigenvalue weighted by atomic mass is 9.95. The molecule has 30 heavy (non-hydrogen) atoms. The summed E-state index contributed by atoms with van der Waals surface area (Å²) in [5, 5.41) is 6.98. The van der Waals surface area contributed by atoms with E-state index in [-0.39, 0.29) is 5.41 Å². The summed E-state index contributed by atoms with van der Waals surface area (Å²) < 4.78 is 5.58. The normalized spacial score (nSPS) is 18.3. The Morgan fingerprint density at radius 3 is 2.37 bits per heavy atom. The topological polar surface area (TPSA) is 48.9 Å². The number of hydrogen-bond donors (Lipinski definition) is 2. The summed E-state index contributed by atoms with van der Waals surface area (Å²) in [5.41, 5.74) is 4.12. The minimum atomic E-state index is 0.154. The van der Waals surface area contributed by atoms with Crippen LogP contribution in [0.4, 0.5) is 0 Å². The molecule has 1 aliphatic heterocycles. The van der Waals surface area contributed by atoms with Gasteiger partial charge in [-0.3, -0.25) is 9.89 Å². The van der Waals surface area contributed by atoms with E-state index in [9.17, 15) is 0 Å². The first-order valence-corrected chi connectivity index (χ1v) is 11.1. The average molecular weight is 407 g/mol. The first-order valence-electron chi connectivity index (χ1n) is 11.1. The van der Waals surface area contributed by atoms with Crippen LogP contribution in [0.1, 0.15) is 42.4 Å². The molecular formula is C25H34N4O.